The zero-order valence-corrected chi connectivity index (χ0v) is 19.6. The van der Waals surface area contributed by atoms with Crippen LogP contribution in [0.5, 0.6) is 0 Å². The van der Waals surface area contributed by atoms with E-state index >= 15 is 0 Å². The molecule has 1 aromatic carbocycles. The van der Waals surface area contributed by atoms with Gasteiger partial charge in [0.15, 0.2) is 16.4 Å². The van der Waals surface area contributed by atoms with Crippen LogP contribution in [-0.4, -0.2) is 84.1 Å². The molecule has 0 spiro atoms. The molecule has 2 aliphatic heterocycles. The Kier molecular flexibility index (Phi) is 7.34. The van der Waals surface area contributed by atoms with E-state index in [9.17, 15) is 37.7 Å². The number of nitro groups is 1. The second-order valence-corrected chi connectivity index (χ2v) is 10.9. The van der Waals surface area contributed by atoms with E-state index in [0.29, 0.717) is 13.0 Å². The Morgan fingerprint density at radius 3 is 2.56 bits per heavy atom. The topological polar surface area (TPSA) is 161 Å². The molecule has 1 fully saturated rings. The summed E-state index contributed by atoms with van der Waals surface area (Å²) in [6.07, 6.45) is -0.0881. The molecule has 184 valence electrons. The molecule has 0 radical (unpaired) electrons. The Morgan fingerprint density at radius 1 is 1.26 bits per heavy atom. The predicted octanol–water partition coefficient (Wildman–Crippen LogP) is 0.796. The molecule has 0 N–H and O–H groups in total. The van der Waals surface area contributed by atoms with Crippen LogP contribution in [0.1, 0.15) is 47.4 Å². The first-order chi connectivity index (χ1) is 15.9. The maximum atomic E-state index is 12.7. The van der Waals surface area contributed by atoms with Gasteiger partial charge in [-0.3, -0.25) is 34.2 Å². The minimum Gasteiger partial charge on any atom is -0.456 e. The van der Waals surface area contributed by atoms with Crippen molar-refractivity contribution in [3.05, 3.63) is 39.4 Å². The van der Waals surface area contributed by atoms with Crippen molar-refractivity contribution >= 4 is 39.2 Å². The second kappa shape index (κ2) is 9.87. The molecule has 0 aliphatic carbocycles. The molecule has 1 unspecified atom stereocenters. The van der Waals surface area contributed by atoms with Crippen LogP contribution in [0.25, 0.3) is 0 Å². The lowest BCUT2D eigenvalue weighted by Gasteiger charge is -2.29. The lowest BCUT2D eigenvalue weighted by Crippen LogP contribution is -2.45. The summed E-state index contributed by atoms with van der Waals surface area (Å²) in [6, 6.07) is 3.23. The third-order valence-electron chi connectivity index (χ3n) is 5.60. The summed E-state index contributed by atoms with van der Waals surface area (Å²) in [5.41, 5.74) is -0.929. The number of carbonyl (C=O) groups is 4. The highest BCUT2D eigenvalue weighted by Gasteiger charge is 2.41. The molecule has 1 atom stereocenters. The molecule has 2 aliphatic rings. The van der Waals surface area contributed by atoms with Crippen LogP contribution >= 0.6 is 0 Å². The molecule has 13 heteroatoms. The van der Waals surface area contributed by atoms with Gasteiger partial charge in [-0.2, -0.15) is 0 Å². The first-order valence-electron chi connectivity index (χ1n) is 10.7. The number of imide groups is 1. The van der Waals surface area contributed by atoms with Crippen molar-refractivity contribution in [2.75, 3.05) is 31.2 Å². The average molecular weight is 496 g/mol. The van der Waals surface area contributed by atoms with E-state index in [-0.39, 0.29) is 35.1 Å². The zero-order valence-electron chi connectivity index (χ0n) is 18.8. The van der Waals surface area contributed by atoms with Crippen LogP contribution in [0.2, 0.25) is 0 Å². The fraction of sp³-hybridized carbons (Fsp3) is 0.524. The fourth-order valence-electron chi connectivity index (χ4n) is 4.04. The monoisotopic (exact) mass is 495 g/mol. The standard InChI is InChI=1S/C21H25N3O9S/c1-13(2)10-23(14-7-9-34(31,32)12-14)17(25)11-33-18(26)6-8-22-20(27)15-4-3-5-16(24(29)30)19(15)21(22)28/h3-5,13-14H,6-12H2,1-2H3. The highest BCUT2D eigenvalue weighted by atomic mass is 32.2. The number of hydrogen-bond donors (Lipinski definition) is 0. The number of rotatable bonds is 9. The maximum absolute atomic E-state index is 12.7. The molecule has 1 aromatic rings. The summed E-state index contributed by atoms with van der Waals surface area (Å²) in [6.45, 7) is 3.09. The van der Waals surface area contributed by atoms with Gasteiger partial charge in [-0.25, -0.2) is 8.42 Å². The van der Waals surface area contributed by atoms with Crippen molar-refractivity contribution in [3.8, 4) is 0 Å². The third-order valence-corrected chi connectivity index (χ3v) is 7.35. The average Bonchev–Trinajstić information content (AvgIpc) is 3.24. The van der Waals surface area contributed by atoms with E-state index in [1.165, 1.54) is 17.0 Å². The highest BCUT2D eigenvalue weighted by molar-refractivity contribution is 7.91. The number of amides is 3. The Hall–Kier alpha value is -3.35. The van der Waals surface area contributed by atoms with Gasteiger partial charge < -0.3 is 9.64 Å². The number of sulfone groups is 1. The number of nitrogens with zero attached hydrogens (tertiary/aromatic N) is 3. The smallest absolute Gasteiger partial charge is 0.308 e. The minimum atomic E-state index is -3.21. The molecule has 0 saturated carbocycles. The van der Waals surface area contributed by atoms with Gasteiger partial charge >= 0.3 is 5.97 Å². The lowest BCUT2D eigenvalue weighted by atomic mass is 10.1. The van der Waals surface area contributed by atoms with Crippen LogP contribution in [0, 0.1) is 16.0 Å². The Labute approximate surface area is 195 Å². The SMILES string of the molecule is CC(C)CN(C(=O)COC(=O)CCN1C(=O)c2cccc([N+](=O)[O-])c2C1=O)C1CCS(=O)(=O)C1. The summed E-state index contributed by atoms with van der Waals surface area (Å²) >= 11 is 0. The maximum Gasteiger partial charge on any atom is 0.308 e. The summed E-state index contributed by atoms with van der Waals surface area (Å²) in [4.78, 5) is 62.4. The van der Waals surface area contributed by atoms with Gasteiger partial charge in [-0.1, -0.05) is 19.9 Å². The Morgan fingerprint density at radius 2 is 1.97 bits per heavy atom. The second-order valence-electron chi connectivity index (χ2n) is 8.63. The van der Waals surface area contributed by atoms with Gasteiger partial charge in [-0.05, 0) is 18.4 Å². The van der Waals surface area contributed by atoms with Crippen molar-refractivity contribution < 1.29 is 37.3 Å². The van der Waals surface area contributed by atoms with Crippen LogP contribution in [0.4, 0.5) is 5.69 Å². The third kappa shape index (κ3) is 5.41. The molecular formula is C21H25N3O9S. The van der Waals surface area contributed by atoms with Crippen LogP contribution in [0.3, 0.4) is 0 Å². The largest absolute Gasteiger partial charge is 0.456 e. The molecule has 1 saturated heterocycles. The predicted molar refractivity (Wildman–Crippen MR) is 118 cm³/mol. The summed E-state index contributed by atoms with van der Waals surface area (Å²) in [7, 11) is -3.21. The number of fused-ring (bicyclic) bond motifs is 1. The number of ether oxygens (including phenoxy) is 1. The van der Waals surface area contributed by atoms with Crippen LogP contribution in [-0.2, 0) is 24.2 Å². The van der Waals surface area contributed by atoms with Crippen molar-refractivity contribution in [2.24, 2.45) is 5.92 Å². The Balaban J connectivity index is 1.57. The van der Waals surface area contributed by atoms with Gasteiger partial charge in [0, 0.05) is 25.2 Å². The molecule has 3 amide bonds. The molecule has 3 rings (SSSR count). The summed E-state index contributed by atoms with van der Waals surface area (Å²) in [5, 5.41) is 11.2. The van der Waals surface area contributed by atoms with Gasteiger partial charge in [0.2, 0.25) is 0 Å². The lowest BCUT2D eigenvalue weighted by molar-refractivity contribution is -0.385. The minimum absolute atomic E-state index is 0.00221. The van der Waals surface area contributed by atoms with Crippen molar-refractivity contribution in [2.45, 2.75) is 32.7 Å². The van der Waals surface area contributed by atoms with Gasteiger partial charge in [-0.15, -0.1) is 0 Å². The van der Waals surface area contributed by atoms with Crippen molar-refractivity contribution in [1.29, 1.82) is 0 Å². The van der Waals surface area contributed by atoms with E-state index in [0.717, 1.165) is 11.0 Å². The number of hydrogen-bond acceptors (Lipinski definition) is 9. The molecule has 34 heavy (non-hydrogen) atoms. The molecular weight excluding hydrogens is 470 g/mol. The summed E-state index contributed by atoms with van der Waals surface area (Å²) < 4.78 is 28.6. The fourth-order valence-corrected chi connectivity index (χ4v) is 5.77. The van der Waals surface area contributed by atoms with Crippen molar-refractivity contribution in [1.82, 2.24) is 9.80 Å². The zero-order chi connectivity index (χ0) is 25.2. The number of carbonyl (C=O) groups excluding carboxylic acids is 4. The molecule has 0 aromatic heterocycles. The van der Waals surface area contributed by atoms with E-state index in [1.807, 2.05) is 13.8 Å². The first-order valence-corrected chi connectivity index (χ1v) is 12.5. The van der Waals surface area contributed by atoms with E-state index in [1.54, 1.807) is 0 Å². The van der Waals surface area contributed by atoms with E-state index in [2.05, 4.69) is 0 Å². The van der Waals surface area contributed by atoms with E-state index < -0.39 is 63.2 Å². The quantitative estimate of drug-likeness (QED) is 0.209. The highest BCUT2D eigenvalue weighted by Crippen LogP contribution is 2.30. The van der Waals surface area contributed by atoms with Crippen LogP contribution < -0.4 is 0 Å². The number of nitro benzene ring substituents is 1. The van der Waals surface area contributed by atoms with Gasteiger partial charge in [0.25, 0.3) is 23.4 Å². The first kappa shape index (κ1) is 25.3. The van der Waals surface area contributed by atoms with Gasteiger partial charge in [0.05, 0.1) is 28.4 Å². The normalized spacial score (nSPS) is 18.8. The van der Waals surface area contributed by atoms with Crippen LogP contribution in [0.15, 0.2) is 18.2 Å². The number of esters is 1. The molecule has 12 nitrogen and oxygen atoms in total. The Bertz CT molecular complexity index is 1150. The molecule has 2 heterocycles. The van der Waals surface area contributed by atoms with Gasteiger partial charge in [0.1, 0.15) is 5.56 Å². The van der Waals surface area contributed by atoms with E-state index in [4.69, 9.17) is 4.74 Å². The summed E-state index contributed by atoms with van der Waals surface area (Å²) in [5.74, 6) is -3.06. The molecule has 0 bridgehead atoms. The number of benzene rings is 1. The van der Waals surface area contributed by atoms with Crippen molar-refractivity contribution in [3.63, 3.8) is 0 Å².